The zero-order valence-electron chi connectivity index (χ0n) is 14.6. The van der Waals surface area contributed by atoms with Crippen LogP contribution in [0.3, 0.4) is 0 Å². The fourth-order valence-corrected chi connectivity index (χ4v) is 2.49. The molecule has 1 aromatic rings. The van der Waals surface area contributed by atoms with Gasteiger partial charge >= 0.3 is 0 Å². The second-order valence-electron chi connectivity index (χ2n) is 6.93. The van der Waals surface area contributed by atoms with Crippen molar-refractivity contribution in [2.24, 2.45) is 17.6 Å². The second-order valence-corrected chi connectivity index (χ2v) is 6.93. The lowest BCUT2D eigenvalue weighted by atomic mass is 10.0. The summed E-state index contributed by atoms with van der Waals surface area (Å²) >= 11 is 0. The number of nitrogens with two attached hydrogens (primary N) is 1. The van der Waals surface area contributed by atoms with Crippen molar-refractivity contribution in [1.29, 1.82) is 0 Å². The summed E-state index contributed by atoms with van der Waals surface area (Å²) in [4.78, 5) is 2.55. The predicted octanol–water partition coefficient (Wildman–Crippen LogP) is 5.00. The van der Waals surface area contributed by atoms with E-state index in [-0.39, 0.29) is 6.04 Å². The quantitative estimate of drug-likeness (QED) is 0.694. The maximum absolute atomic E-state index is 6.32. The SMILES string of the molecule is CC[C@H](N)c1ccccc1N(CCC(C)C)CCC(C)C. The molecule has 0 fully saturated rings. The van der Waals surface area contributed by atoms with E-state index in [9.17, 15) is 0 Å². The normalized spacial score (nSPS) is 13.0. The molecule has 0 bridgehead atoms. The fourth-order valence-electron chi connectivity index (χ4n) is 2.49. The molecule has 21 heavy (non-hydrogen) atoms. The van der Waals surface area contributed by atoms with Crippen LogP contribution in [0.5, 0.6) is 0 Å². The fraction of sp³-hybridized carbons (Fsp3) is 0.684. The van der Waals surface area contributed by atoms with Crippen LogP contribution in [-0.4, -0.2) is 13.1 Å². The van der Waals surface area contributed by atoms with Crippen molar-refractivity contribution in [3.8, 4) is 0 Å². The Morgan fingerprint density at radius 1 is 0.952 bits per heavy atom. The molecule has 0 aliphatic carbocycles. The lowest BCUT2D eigenvalue weighted by molar-refractivity contribution is 0.533. The summed E-state index contributed by atoms with van der Waals surface area (Å²) in [5, 5.41) is 0. The summed E-state index contributed by atoms with van der Waals surface area (Å²) in [6, 6.07) is 8.82. The molecule has 1 atom stereocenters. The molecule has 2 nitrogen and oxygen atoms in total. The van der Waals surface area contributed by atoms with Gasteiger partial charge in [0.15, 0.2) is 0 Å². The molecule has 0 saturated carbocycles. The van der Waals surface area contributed by atoms with Crippen molar-refractivity contribution in [3.05, 3.63) is 29.8 Å². The highest BCUT2D eigenvalue weighted by Gasteiger charge is 2.15. The van der Waals surface area contributed by atoms with Gasteiger partial charge in [-0.1, -0.05) is 52.8 Å². The van der Waals surface area contributed by atoms with Gasteiger partial charge in [-0.05, 0) is 42.7 Å². The predicted molar refractivity (Wildman–Crippen MR) is 94.8 cm³/mol. The summed E-state index contributed by atoms with van der Waals surface area (Å²) < 4.78 is 0. The van der Waals surface area contributed by atoms with Crippen molar-refractivity contribution < 1.29 is 0 Å². The van der Waals surface area contributed by atoms with Gasteiger partial charge in [0, 0.05) is 24.8 Å². The second kappa shape index (κ2) is 9.09. The van der Waals surface area contributed by atoms with Crippen LogP contribution < -0.4 is 10.6 Å². The van der Waals surface area contributed by atoms with Crippen LogP contribution in [0.4, 0.5) is 5.69 Å². The number of hydrogen-bond acceptors (Lipinski definition) is 2. The Hall–Kier alpha value is -1.02. The van der Waals surface area contributed by atoms with E-state index < -0.39 is 0 Å². The highest BCUT2D eigenvalue weighted by atomic mass is 15.1. The molecule has 1 rings (SSSR count). The Bertz CT molecular complexity index is 386. The van der Waals surface area contributed by atoms with Gasteiger partial charge in [-0.2, -0.15) is 0 Å². The van der Waals surface area contributed by atoms with Crippen molar-refractivity contribution in [3.63, 3.8) is 0 Å². The third kappa shape index (κ3) is 6.09. The van der Waals surface area contributed by atoms with Crippen molar-refractivity contribution in [2.45, 2.75) is 59.9 Å². The van der Waals surface area contributed by atoms with Crippen LogP contribution in [0.1, 0.15) is 65.5 Å². The van der Waals surface area contributed by atoms with Crippen LogP contribution in [0.15, 0.2) is 24.3 Å². The summed E-state index contributed by atoms with van der Waals surface area (Å²) in [7, 11) is 0. The summed E-state index contributed by atoms with van der Waals surface area (Å²) in [6.07, 6.45) is 3.45. The Morgan fingerprint density at radius 2 is 1.48 bits per heavy atom. The van der Waals surface area contributed by atoms with Gasteiger partial charge in [0.05, 0.1) is 0 Å². The van der Waals surface area contributed by atoms with E-state index >= 15 is 0 Å². The number of rotatable bonds is 9. The van der Waals surface area contributed by atoms with Gasteiger partial charge in [0.2, 0.25) is 0 Å². The minimum atomic E-state index is 0.141. The molecule has 0 unspecified atom stereocenters. The molecule has 2 N–H and O–H groups in total. The lowest BCUT2D eigenvalue weighted by Gasteiger charge is -2.30. The first-order valence-corrected chi connectivity index (χ1v) is 8.55. The van der Waals surface area contributed by atoms with Crippen LogP contribution in [-0.2, 0) is 0 Å². The van der Waals surface area contributed by atoms with Gasteiger partial charge in [0.25, 0.3) is 0 Å². The monoisotopic (exact) mass is 290 g/mol. The van der Waals surface area contributed by atoms with Crippen molar-refractivity contribution in [2.75, 3.05) is 18.0 Å². The number of anilines is 1. The average Bonchev–Trinajstić information content (AvgIpc) is 2.46. The zero-order valence-corrected chi connectivity index (χ0v) is 14.6. The minimum absolute atomic E-state index is 0.141. The molecule has 0 heterocycles. The summed E-state index contributed by atoms with van der Waals surface area (Å²) in [5.74, 6) is 1.47. The van der Waals surface area contributed by atoms with Crippen LogP contribution in [0.2, 0.25) is 0 Å². The molecule has 0 aromatic heterocycles. The first-order chi connectivity index (χ1) is 9.95. The molecule has 120 valence electrons. The maximum atomic E-state index is 6.32. The third-order valence-corrected chi connectivity index (χ3v) is 4.07. The van der Waals surface area contributed by atoms with Gasteiger partial charge in [-0.25, -0.2) is 0 Å². The molecule has 0 aliphatic heterocycles. The average molecular weight is 290 g/mol. The van der Waals surface area contributed by atoms with E-state index in [1.54, 1.807) is 0 Å². The first-order valence-electron chi connectivity index (χ1n) is 8.55. The Morgan fingerprint density at radius 3 is 1.95 bits per heavy atom. The molecular formula is C19H34N2. The van der Waals surface area contributed by atoms with Crippen molar-refractivity contribution >= 4 is 5.69 Å². The summed E-state index contributed by atoms with van der Waals surface area (Å²) in [5.41, 5.74) is 8.96. The minimum Gasteiger partial charge on any atom is -0.371 e. The largest absolute Gasteiger partial charge is 0.371 e. The van der Waals surface area contributed by atoms with Gasteiger partial charge in [-0.3, -0.25) is 0 Å². The Labute approximate surface area is 131 Å². The number of hydrogen-bond donors (Lipinski definition) is 1. The van der Waals surface area contributed by atoms with Crippen LogP contribution in [0.25, 0.3) is 0 Å². The van der Waals surface area contributed by atoms with Gasteiger partial charge in [0.1, 0.15) is 0 Å². The van der Waals surface area contributed by atoms with Gasteiger partial charge in [-0.15, -0.1) is 0 Å². The van der Waals surface area contributed by atoms with E-state index in [4.69, 9.17) is 5.73 Å². The number of nitrogens with zero attached hydrogens (tertiary/aromatic N) is 1. The van der Waals surface area contributed by atoms with E-state index in [1.165, 1.54) is 24.1 Å². The standard InChI is InChI=1S/C19H34N2/c1-6-18(20)17-9-7-8-10-19(17)21(13-11-15(2)3)14-12-16(4)5/h7-10,15-16,18H,6,11-14,20H2,1-5H3/t18-/m0/s1. The van der Waals surface area contributed by atoms with Crippen LogP contribution >= 0.6 is 0 Å². The Balaban J connectivity index is 2.95. The van der Waals surface area contributed by atoms with Gasteiger partial charge < -0.3 is 10.6 Å². The molecule has 0 spiro atoms. The highest BCUT2D eigenvalue weighted by molar-refractivity contribution is 5.55. The molecule has 1 aromatic carbocycles. The molecule has 0 aliphatic rings. The molecule has 0 amide bonds. The topological polar surface area (TPSA) is 29.3 Å². The van der Waals surface area contributed by atoms with Crippen molar-refractivity contribution in [1.82, 2.24) is 0 Å². The van der Waals surface area contributed by atoms with E-state index in [2.05, 4.69) is 63.8 Å². The summed E-state index contributed by atoms with van der Waals surface area (Å²) in [6.45, 7) is 13.6. The molecule has 0 radical (unpaired) electrons. The Kier molecular flexibility index (Phi) is 7.81. The lowest BCUT2D eigenvalue weighted by Crippen LogP contribution is -2.29. The van der Waals surface area contributed by atoms with E-state index in [0.29, 0.717) is 0 Å². The van der Waals surface area contributed by atoms with Crippen LogP contribution in [0, 0.1) is 11.8 Å². The highest BCUT2D eigenvalue weighted by Crippen LogP contribution is 2.28. The maximum Gasteiger partial charge on any atom is 0.0414 e. The molecule has 0 saturated heterocycles. The number of para-hydroxylation sites is 1. The smallest absolute Gasteiger partial charge is 0.0414 e. The number of benzene rings is 1. The molecular weight excluding hydrogens is 256 g/mol. The zero-order chi connectivity index (χ0) is 15.8. The third-order valence-electron chi connectivity index (χ3n) is 4.07. The molecule has 2 heteroatoms. The first kappa shape index (κ1) is 18.0. The van der Waals surface area contributed by atoms with E-state index in [1.807, 2.05) is 0 Å². The van der Waals surface area contributed by atoms with E-state index in [0.717, 1.165) is 31.3 Å².